The topological polar surface area (TPSA) is 112 Å². The largest absolute Gasteiger partial charge is 0.481 e. The maximum absolute atomic E-state index is 10.9. The Labute approximate surface area is 199 Å². The maximum Gasteiger partial charge on any atom is 0.303 e. The summed E-state index contributed by atoms with van der Waals surface area (Å²) in [5, 5.41) is 8.98. The van der Waals surface area contributed by atoms with Crippen LogP contribution in [0.25, 0.3) is 0 Å². The van der Waals surface area contributed by atoms with Crippen LogP contribution in [0.2, 0.25) is 0 Å². The van der Waals surface area contributed by atoms with Gasteiger partial charge in [-0.25, -0.2) is 15.4 Å². The molecule has 0 bridgehead atoms. The van der Waals surface area contributed by atoms with Gasteiger partial charge in [0.25, 0.3) is 0 Å². The molecule has 0 spiro atoms. The molecule has 34 heavy (non-hydrogen) atoms. The van der Waals surface area contributed by atoms with Gasteiger partial charge in [0.1, 0.15) is 17.7 Å². The number of hydrogen-bond donors (Lipinski definition) is 3. The second kappa shape index (κ2) is 10.5. The monoisotopic (exact) mass is 464 g/mol. The van der Waals surface area contributed by atoms with Crippen LogP contribution < -0.4 is 15.8 Å². The Bertz CT molecular complexity index is 983. The third-order valence-electron chi connectivity index (χ3n) is 6.99. The number of ether oxygens (including phenoxy) is 1. The predicted molar refractivity (Wildman–Crippen MR) is 128 cm³/mol. The third-order valence-corrected chi connectivity index (χ3v) is 6.99. The lowest BCUT2D eigenvalue weighted by Crippen LogP contribution is -2.39. The number of aliphatic carboxylic acids is 1. The Kier molecular flexibility index (Phi) is 7.01. The van der Waals surface area contributed by atoms with Crippen LogP contribution in [0.5, 0.6) is 0 Å². The SMILES string of the molecule is O=C(O)CC1CCC(OC2CCN(c3ccc(C4N=C(c5ccccn5)NN4)cn3)CC2)CC1. The molecule has 0 radical (unpaired) electrons. The van der Waals surface area contributed by atoms with Crippen LogP contribution in [-0.4, -0.2) is 52.2 Å². The third kappa shape index (κ3) is 5.53. The number of carboxylic acid groups (broad SMARTS) is 1. The minimum Gasteiger partial charge on any atom is -0.481 e. The summed E-state index contributed by atoms with van der Waals surface area (Å²) in [6.07, 6.45) is 10.2. The van der Waals surface area contributed by atoms with E-state index in [4.69, 9.17) is 14.8 Å². The number of piperidine rings is 1. The van der Waals surface area contributed by atoms with Crippen LogP contribution in [-0.2, 0) is 9.53 Å². The number of amidine groups is 1. The molecule has 0 aromatic carbocycles. The van der Waals surface area contributed by atoms with E-state index in [2.05, 4.69) is 37.9 Å². The van der Waals surface area contributed by atoms with E-state index in [1.165, 1.54) is 0 Å². The second-order valence-corrected chi connectivity index (χ2v) is 9.38. The minimum absolute atomic E-state index is 0.191. The number of pyridine rings is 2. The normalized spacial score (nSPS) is 25.6. The molecule has 1 unspecified atom stereocenters. The van der Waals surface area contributed by atoms with Gasteiger partial charge in [-0.2, -0.15) is 0 Å². The smallest absolute Gasteiger partial charge is 0.303 e. The van der Waals surface area contributed by atoms with Crippen LogP contribution in [0, 0.1) is 5.92 Å². The number of anilines is 1. The first-order valence-electron chi connectivity index (χ1n) is 12.2. The molecule has 2 aliphatic heterocycles. The Morgan fingerprint density at radius 3 is 2.50 bits per heavy atom. The van der Waals surface area contributed by atoms with Crippen molar-refractivity contribution >= 4 is 17.6 Å². The molecule has 5 rings (SSSR count). The number of nitrogens with one attached hydrogen (secondary N) is 2. The predicted octanol–water partition coefficient (Wildman–Crippen LogP) is 3.05. The lowest BCUT2D eigenvalue weighted by atomic mass is 9.85. The summed E-state index contributed by atoms with van der Waals surface area (Å²) in [4.78, 5) is 26.9. The molecule has 3 aliphatic rings. The lowest BCUT2D eigenvalue weighted by Gasteiger charge is -2.36. The fraction of sp³-hybridized carbons (Fsp3) is 0.520. The molecule has 9 nitrogen and oxygen atoms in total. The van der Waals surface area contributed by atoms with Gasteiger partial charge < -0.3 is 20.2 Å². The molecule has 3 N–H and O–H groups in total. The van der Waals surface area contributed by atoms with Crippen molar-refractivity contribution in [3.8, 4) is 0 Å². The van der Waals surface area contributed by atoms with Crippen LogP contribution >= 0.6 is 0 Å². The molecule has 4 heterocycles. The first-order chi connectivity index (χ1) is 16.6. The molecule has 1 saturated carbocycles. The van der Waals surface area contributed by atoms with Gasteiger partial charge >= 0.3 is 5.97 Å². The van der Waals surface area contributed by atoms with Crippen molar-refractivity contribution in [3.05, 3.63) is 54.0 Å². The van der Waals surface area contributed by atoms with Gasteiger partial charge in [-0.05, 0) is 62.6 Å². The van der Waals surface area contributed by atoms with E-state index >= 15 is 0 Å². The number of hydrazine groups is 1. The summed E-state index contributed by atoms with van der Waals surface area (Å²) < 4.78 is 6.37. The minimum atomic E-state index is -0.684. The Hall–Kier alpha value is -3.04. The highest BCUT2D eigenvalue weighted by Gasteiger charge is 2.28. The van der Waals surface area contributed by atoms with E-state index in [1.807, 2.05) is 24.4 Å². The van der Waals surface area contributed by atoms with Crippen LogP contribution in [0.15, 0.2) is 47.7 Å². The standard InChI is InChI=1S/C25H32N6O3/c32-23(33)15-17-4-7-19(8-5-17)34-20-10-13-31(14-11-20)22-9-6-18(16-27-22)24-28-25(30-29-24)21-3-1-2-12-26-21/h1-3,6,9,12,16-17,19-20,24,29H,4-5,7-8,10-11,13-15H2,(H,28,30)(H,32,33). The average molecular weight is 465 g/mol. The van der Waals surface area contributed by atoms with Gasteiger partial charge in [0.15, 0.2) is 5.84 Å². The first-order valence-corrected chi connectivity index (χ1v) is 12.2. The molecule has 1 aliphatic carbocycles. The van der Waals surface area contributed by atoms with E-state index in [0.717, 1.165) is 74.5 Å². The van der Waals surface area contributed by atoms with Gasteiger partial charge in [0, 0.05) is 37.5 Å². The van der Waals surface area contributed by atoms with Gasteiger partial charge in [-0.1, -0.05) is 12.1 Å². The molecule has 2 aromatic heterocycles. The van der Waals surface area contributed by atoms with Crippen molar-refractivity contribution in [3.63, 3.8) is 0 Å². The highest BCUT2D eigenvalue weighted by Crippen LogP contribution is 2.31. The zero-order valence-electron chi connectivity index (χ0n) is 19.3. The molecule has 2 aromatic rings. The summed E-state index contributed by atoms with van der Waals surface area (Å²) in [5.74, 6) is 1.34. The molecular weight excluding hydrogens is 432 g/mol. The average Bonchev–Trinajstić information content (AvgIpc) is 3.37. The molecule has 9 heteroatoms. The van der Waals surface area contributed by atoms with Crippen molar-refractivity contribution in [2.75, 3.05) is 18.0 Å². The van der Waals surface area contributed by atoms with Gasteiger partial charge in [-0.3, -0.25) is 9.78 Å². The van der Waals surface area contributed by atoms with Crippen molar-refractivity contribution in [1.82, 2.24) is 20.8 Å². The Balaban J connectivity index is 1.09. The summed E-state index contributed by atoms with van der Waals surface area (Å²) in [7, 11) is 0. The molecule has 0 amide bonds. The summed E-state index contributed by atoms with van der Waals surface area (Å²) >= 11 is 0. The zero-order chi connectivity index (χ0) is 23.3. The van der Waals surface area contributed by atoms with Gasteiger partial charge in [0.05, 0.1) is 12.2 Å². The van der Waals surface area contributed by atoms with Gasteiger partial charge in [-0.15, -0.1) is 0 Å². The van der Waals surface area contributed by atoms with Crippen LogP contribution in [0.4, 0.5) is 5.82 Å². The fourth-order valence-corrected chi connectivity index (χ4v) is 5.08. The molecule has 2 fully saturated rings. The Morgan fingerprint density at radius 2 is 1.82 bits per heavy atom. The molecular formula is C25H32N6O3. The highest BCUT2D eigenvalue weighted by molar-refractivity contribution is 5.97. The van der Waals surface area contributed by atoms with E-state index in [9.17, 15) is 4.79 Å². The second-order valence-electron chi connectivity index (χ2n) is 9.38. The maximum atomic E-state index is 10.9. The highest BCUT2D eigenvalue weighted by atomic mass is 16.5. The van der Waals surface area contributed by atoms with Crippen molar-refractivity contribution < 1.29 is 14.6 Å². The fourth-order valence-electron chi connectivity index (χ4n) is 5.08. The van der Waals surface area contributed by atoms with Gasteiger partial charge in [0.2, 0.25) is 0 Å². The lowest BCUT2D eigenvalue weighted by molar-refractivity contribution is -0.138. The molecule has 180 valence electrons. The number of carbonyl (C=O) groups is 1. The van der Waals surface area contributed by atoms with Crippen molar-refractivity contribution in [2.24, 2.45) is 10.9 Å². The van der Waals surface area contributed by atoms with Crippen LogP contribution in [0.3, 0.4) is 0 Å². The first kappa shape index (κ1) is 22.7. The number of rotatable bonds is 7. The quantitative estimate of drug-likeness (QED) is 0.573. The number of carboxylic acids is 1. The van der Waals surface area contributed by atoms with Crippen molar-refractivity contribution in [1.29, 1.82) is 0 Å². The number of aliphatic imine (C=N–C) groups is 1. The summed E-state index contributed by atoms with van der Waals surface area (Å²) in [5.41, 5.74) is 8.10. The molecule has 1 saturated heterocycles. The zero-order valence-corrected chi connectivity index (χ0v) is 19.3. The number of hydrogen-bond acceptors (Lipinski definition) is 8. The number of nitrogens with zero attached hydrogens (tertiary/aromatic N) is 4. The van der Waals surface area contributed by atoms with E-state index < -0.39 is 5.97 Å². The molecule has 1 atom stereocenters. The van der Waals surface area contributed by atoms with E-state index in [-0.39, 0.29) is 18.4 Å². The van der Waals surface area contributed by atoms with Crippen LogP contribution in [0.1, 0.15) is 62.4 Å². The van der Waals surface area contributed by atoms with E-state index in [1.54, 1.807) is 6.20 Å². The van der Waals surface area contributed by atoms with Crippen molar-refractivity contribution in [2.45, 2.75) is 63.3 Å². The summed E-state index contributed by atoms with van der Waals surface area (Å²) in [6, 6.07) is 9.89. The summed E-state index contributed by atoms with van der Waals surface area (Å²) in [6.45, 7) is 1.85. The van der Waals surface area contributed by atoms with E-state index in [0.29, 0.717) is 12.3 Å². The number of aromatic nitrogens is 2. The Morgan fingerprint density at radius 1 is 1.03 bits per heavy atom.